The Balaban J connectivity index is 2.23. The summed E-state index contributed by atoms with van der Waals surface area (Å²) in [5.41, 5.74) is 1.55. The molecule has 0 aliphatic rings. The summed E-state index contributed by atoms with van der Waals surface area (Å²) in [6.45, 7) is 8.51. The van der Waals surface area contributed by atoms with Crippen LogP contribution >= 0.6 is 0 Å². The van der Waals surface area contributed by atoms with Gasteiger partial charge in [-0.2, -0.15) is 0 Å². The lowest BCUT2D eigenvalue weighted by Gasteiger charge is -2.20. The van der Waals surface area contributed by atoms with Crippen molar-refractivity contribution in [2.24, 2.45) is 0 Å². The number of rotatable bonds is 5. The molecular weight excluding hydrogens is 378 g/mol. The molecule has 0 atom stereocenters. The molecule has 2 rings (SSSR count). The van der Waals surface area contributed by atoms with Gasteiger partial charge in [0.15, 0.2) is 0 Å². The Morgan fingerprint density at radius 1 is 0.893 bits per heavy atom. The van der Waals surface area contributed by atoms with Crippen LogP contribution in [0, 0.1) is 6.92 Å². The third-order valence-electron chi connectivity index (χ3n) is 3.60. The minimum absolute atomic E-state index is 0.0773. The zero-order valence-electron chi connectivity index (χ0n) is 16.6. The Bertz CT molecular complexity index is 991. The van der Waals surface area contributed by atoms with Gasteiger partial charge in [-0.3, -0.25) is 9.59 Å². The van der Waals surface area contributed by atoms with E-state index in [0.717, 1.165) is 5.56 Å². The molecule has 0 aliphatic carbocycles. The summed E-state index contributed by atoms with van der Waals surface area (Å²) in [5.74, 6) is -0.662. The molecule has 0 bridgehead atoms. The lowest BCUT2D eigenvalue weighted by Crippen LogP contribution is -2.40. The predicted octanol–water partition coefficient (Wildman–Crippen LogP) is 3.28. The van der Waals surface area contributed by atoms with Crippen LogP contribution < -0.4 is 15.4 Å². The van der Waals surface area contributed by atoms with Gasteiger partial charge in [-0.05, 0) is 69.7 Å². The van der Waals surface area contributed by atoms with E-state index in [-0.39, 0.29) is 10.8 Å². The van der Waals surface area contributed by atoms with E-state index < -0.39 is 21.5 Å². The number of sulfonamides is 1. The first kappa shape index (κ1) is 21.6. The minimum atomic E-state index is -3.67. The van der Waals surface area contributed by atoms with Gasteiger partial charge in [0.25, 0.3) is 5.91 Å². The third-order valence-corrected chi connectivity index (χ3v) is 5.38. The fourth-order valence-electron chi connectivity index (χ4n) is 2.50. The number of hydrogen-bond acceptors (Lipinski definition) is 4. The maximum absolute atomic E-state index is 12.6. The smallest absolute Gasteiger partial charge is 0.255 e. The molecule has 150 valence electrons. The van der Waals surface area contributed by atoms with Gasteiger partial charge in [0.05, 0.1) is 16.3 Å². The molecule has 3 N–H and O–H groups in total. The second-order valence-corrected chi connectivity index (χ2v) is 9.25. The largest absolute Gasteiger partial charge is 0.325 e. The lowest BCUT2D eigenvalue weighted by atomic mass is 10.1. The van der Waals surface area contributed by atoms with Gasteiger partial charge in [0, 0.05) is 18.0 Å². The van der Waals surface area contributed by atoms with E-state index in [9.17, 15) is 18.0 Å². The Morgan fingerprint density at radius 2 is 1.50 bits per heavy atom. The fraction of sp³-hybridized carbons (Fsp3) is 0.300. The van der Waals surface area contributed by atoms with Gasteiger partial charge >= 0.3 is 0 Å². The van der Waals surface area contributed by atoms with E-state index in [0.29, 0.717) is 16.9 Å². The molecule has 7 nitrogen and oxygen atoms in total. The molecule has 8 heteroatoms. The summed E-state index contributed by atoms with van der Waals surface area (Å²) in [7, 11) is -3.67. The first-order valence-corrected chi connectivity index (χ1v) is 10.2. The summed E-state index contributed by atoms with van der Waals surface area (Å²) in [6, 6.07) is 10.9. The summed E-state index contributed by atoms with van der Waals surface area (Å²) >= 11 is 0. The maximum Gasteiger partial charge on any atom is 0.255 e. The van der Waals surface area contributed by atoms with E-state index in [4.69, 9.17) is 0 Å². The van der Waals surface area contributed by atoms with Crippen LogP contribution in [0.25, 0.3) is 0 Å². The van der Waals surface area contributed by atoms with Crippen molar-refractivity contribution < 1.29 is 18.0 Å². The van der Waals surface area contributed by atoms with Crippen molar-refractivity contribution in [3.63, 3.8) is 0 Å². The van der Waals surface area contributed by atoms with E-state index in [1.165, 1.54) is 31.2 Å². The molecule has 0 radical (unpaired) electrons. The molecule has 0 saturated carbocycles. The molecule has 0 aliphatic heterocycles. The zero-order chi connectivity index (χ0) is 21.1. The quantitative estimate of drug-likeness (QED) is 0.712. The molecule has 2 aromatic rings. The molecule has 2 aromatic carbocycles. The topological polar surface area (TPSA) is 104 Å². The second kappa shape index (κ2) is 8.12. The number of hydrogen-bond donors (Lipinski definition) is 3. The minimum Gasteiger partial charge on any atom is -0.325 e. The lowest BCUT2D eigenvalue weighted by molar-refractivity contribution is -0.114. The number of benzene rings is 2. The van der Waals surface area contributed by atoms with Crippen molar-refractivity contribution in [2.75, 3.05) is 10.6 Å². The van der Waals surface area contributed by atoms with Crippen LogP contribution in [0.15, 0.2) is 47.4 Å². The summed E-state index contributed by atoms with van der Waals surface area (Å²) in [5, 5.41) is 5.42. The fourth-order valence-corrected chi connectivity index (χ4v) is 3.92. The summed E-state index contributed by atoms with van der Waals surface area (Å²) < 4.78 is 27.3. The van der Waals surface area contributed by atoms with Crippen LogP contribution in [0.1, 0.15) is 43.6 Å². The predicted molar refractivity (Wildman–Crippen MR) is 110 cm³/mol. The number of carbonyl (C=O) groups is 2. The van der Waals surface area contributed by atoms with Crippen LogP contribution in [0.2, 0.25) is 0 Å². The Labute approximate surface area is 165 Å². The van der Waals surface area contributed by atoms with E-state index in [1.54, 1.807) is 32.9 Å². The van der Waals surface area contributed by atoms with E-state index in [1.807, 2.05) is 13.0 Å². The van der Waals surface area contributed by atoms with Gasteiger partial charge in [-0.1, -0.05) is 6.07 Å². The molecule has 0 fully saturated rings. The molecule has 0 aromatic heterocycles. The molecule has 0 heterocycles. The standard InChI is InChI=1S/C20H25N3O4S/c1-13-6-11-17(21-14(2)24)18(12-13)22-19(25)15-7-9-16(10-8-15)28(26,27)23-20(3,4)5/h6-12,23H,1-5H3,(H,21,24)(H,22,25). The number of aryl methyl sites for hydroxylation is 1. The highest BCUT2D eigenvalue weighted by molar-refractivity contribution is 7.89. The van der Waals surface area contributed by atoms with Crippen molar-refractivity contribution in [1.82, 2.24) is 4.72 Å². The Kier molecular flexibility index (Phi) is 6.26. The highest BCUT2D eigenvalue weighted by Gasteiger charge is 2.22. The van der Waals surface area contributed by atoms with E-state index >= 15 is 0 Å². The SMILES string of the molecule is CC(=O)Nc1ccc(C)cc1NC(=O)c1ccc(S(=O)(=O)NC(C)(C)C)cc1. The monoisotopic (exact) mass is 403 g/mol. The number of anilines is 2. The van der Waals surface area contributed by atoms with Crippen molar-refractivity contribution in [2.45, 2.75) is 45.1 Å². The molecule has 2 amide bonds. The van der Waals surface area contributed by atoms with Crippen LogP contribution in [0.4, 0.5) is 11.4 Å². The van der Waals surface area contributed by atoms with Gasteiger partial charge in [0.2, 0.25) is 15.9 Å². The van der Waals surface area contributed by atoms with Crippen LogP contribution in [0.5, 0.6) is 0 Å². The van der Waals surface area contributed by atoms with Gasteiger partial charge in [-0.25, -0.2) is 13.1 Å². The molecule has 0 unspecified atom stereocenters. The van der Waals surface area contributed by atoms with Crippen LogP contribution in [-0.2, 0) is 14.8 Å². The van der Waals surface area contributed by atoms with Crippen LogP contribution in [0.3, 0.4) is 0 Å². The number of carbonyl (C=O) groups excluding carboxylic acids is 2. The van der Waals surface area contributed by atoms with Crippen molar-refractivity contribution in [3.05, 3.63) is 53.6 Å². The van der Waals surface area contributed by atoms with Crippen molar-refractivity contribution in [1.29, 1.82) is 0 Å². The average molecular weight is 404 g/mol. The Hall–Kier alpha value is -2.71. The average Bonchev–Trinajstić information content (AvgIpc) is 2.55. The van der Waals surface area contributed by atoms with Gasteiger partial charge < -0.3 is 10.6 Å². The summed E-state index contributed by atoms with van der Waals surface area (Å²) in [6.07, 6.45) is 0. The second-order valence-electron chi connectivity index (χ2n) is 7.56. The number of nitrogens with one attached hydrogen (secondary N) is 3. The number of amides is 2. The van der Waals surface area contributed by atoms with Gasteiger partial charge in [-0.15, -0.1) is 0 Å². The molecule has 28 heavy (non-hydrogen) atoms. The first-order valence-electron chi connectivity index (χ1n) is 8.71. The van der Waals surface area contributed by atoms with Crippen LogP contribution in [-0.4, -0.2) is 25.8 Å². The third kappa shape index (κ3) is 5.90. The molecular formula is C20H25N3O4S. The molecule has 0 spiro atoms. The maximum atomic E-state index is 12.6. The first-order chi connectivity index (χ1) is 12.9. The summed E-state index contributed by atoms with van der Waals surface area (Å²) in [4.78, 5) is 24.0. The van der Waals surface area contributed by atoms with Crippen molar-refractivity contribution >= 4 is 33.2 Å². The van der Waals surface area contributed by atoms with E-state index in [2.05, 4.69) is 15.4 Å². The molecule has 0 saturated heterocycles. The highest BCUT2D eigenvalue weighted by atomic mass is 32.2. The van der Waals surface area contributed by atoms with Crippen molar-refractivity contribution in [3.8, 4) is 0 Å². The highest BCUT2D eigenvalue weighted by Crippen LogP contribution is 2.24. The van der Waals surface area contributed by atoms with Gasteiger partial charge in [0.1, 0.15) is 0 Å². The zero-order valence-corrected chi connectivity index (χ0v) is 17.4. The normalized spacial score (nSPS) is 11.8. The Morgan fingerprint density at radius 3 is 2.04 bits per heavy atom.